The van der Waals surface area contributed by atoms with E-state index < -0.39 is 20.8 Å². The highest BCUT2D eigenvalue weighted by Gasteiger charge is 2.16. The zero-order chi connectivity index (χ0) is 16.0. The summed E-state index contributed by atoms with van der Waals surface area (Å²) >= 11 is 0. The molecule has 0 fully saturated rings. The number of rotatable bonds is 7. The summed E-state index contributed by atoms with van der Waals surface area (Å²) in [6.45, 7) is 2.20. The monoisotopic (exact) mass is 332 g/mol. The van der Waals surface area contributed by atoms with Crippen LogP contribution in [0, 0.1) is 0 Å². The van der Waals surface area contributed by atoms with Crippen molar-refractivity contribution >= 4 is 26.7 Å². The normalized spacial score (nSPS) is 12.9. The van der Waals surface area contributed by atoms with Gasteiger partial charge in [-0.1, -0.05) is 13.0 Å². The van der Waals surface area contributed by atoms with Gasteiger partial charge < -0.3 is 5.32 Å². The Kier molecular flexibility index (Phi) is 6.50. The van der Waals surface area contributed by atoms with E-state index in [-0.39, 0.29) is 16.4 Å². The zero-order valence-electron chi connectivity index (χ0n) is 12.1. The van der Waals surface area contributed by atoms with E-state index in [1.54, 1.807) is 18.4 Å². The number of hydrogen-bond donors (Lipinski definition) is 2. The molecule has 0 bridgehead atoms. The first-order valence-corrected chi connectivity index (χ1v) is 9.77. The van der Waals surface area contributed by atoms with Crippen molar-refractivity contribution in [3.63, 3.8) is 0 Å². The van der Waals surface area contributed by atoms with Crippen LogP contribution in [-0.2, 0) is 27.2 Å². The Morgan fingerprint density at radius 2 is 2.05 bits per heavy atom. The van der Waals surface area contributed by atoms with Gasteiger partial charge in [0.05, 0.1) is 4.90 Å². The summed E-state index contributed by atoms with van der Waals surface area (Å²) in [6.07, 6.45) is 2.71. The maximum atomic E-state index is 11.9. The number of nitrogens with one attached hydrogen (secondary N) is 1. The highest BCUT2D eigenvalue weighted by Crippen LogP contribution is 2.17. The smallest absolute Gasteiger partial charge is 0.251 e. The van der Waals surface area contributed by atoms with E-state index in [0.717, 1.165) is 0 Å². The van der Waals surface area contributed by atoms with Gasteiger partial charge in [0.1, 0.15) is 0 Å². The summed E-state index contributed by atoms with van der Waals surface area (Å²) in [5.74, 6) is 0.141. The van der Waals surface area contributed by atoms with Crippen LogP contribution in [0.1, 0.15) is 29.3 Å². The molecule has 0 aliphatic carbocycles. The molecular formula is C13H20N2O4S2. The Morgan fingerprint density at radius 3 is 2.57 bits per heavy atom. The molecule has 1 amide bonds. The first-order chi connectivity index (χ1) is 9.75. The molecule has 1 unspecified atom stereocenters. The molecule has 1 aromatic carbocycles. The fraction of sp³-hybridized carbons (Fsp3) is 0.462. The van der Waals surface area contributed by atoms with E-state index in [2.05, 4.69) is 5.32 Å². The molecule has 3 N–H and O–H groups in total. The number of carbonyl (C=O) groups is 1. The lowest BCUT2D eigenvalue weighted by molar-refractivity contribution is 0.0953. The van der Waals surface area contributed by atoms with Gasteiger partial charge >= 0.3 is 0 Å². The van der Waals surface area contributed by atoms with Gasteiger partial charge in [-0.2, -0.15) is 0 Å². The minimum absolute atomic E-state index is 0.0210. The van der Waals surface area contributed by atoms with Gasteiger partial charge in [-0.25, -0.2) is 13.6 Å². The van der Waals surface area contributed by atoms with Crippen molar-refractivity contribution in [1.82, 2.24) is 5.32 Å². The van der Waals surface area contributed by atoms with Crippen LogP contribution in [0.4, 0.5) is 0 Å². The molecule has 8 heteroatoms. The van der Waals surface area contributed by atoms with Crippen LogP contribution in [0.25, 0.3) is 0 Å². The number of carbonyl (C=O) groups excluding carboxylic acids is 1. The van der Waals surface area contributed by atoms with Crippen molar-refractivity contribution in [3.05, 3.63) is 29.3 Å². The lowest BCUT2D eigenvalue weighted by atomic mass is 10.1. The number of nitrogens with two attached hydrogens (primary N) is 1. The van der Waals surface area contributed by atoms with Gasteiger partial charge in [0.15, 0.2) is 0 Å². The molecule has 0 aliphatic rings. The van der Waals surface area contributed by atoms with Gasteiger partial charge in [0.25, 0.3) is 5.91 Å². The highest BCUT2D eigenvalue weighted by atomic mass is 32.2. The van der Waals surface area contributed by atoms with Crippen LogP contribution in [0.5, 0.6) is 0 Å². The average Bonchev–Trinajstić information content (AvgIpc) is 2.41. The van der Waals surface area contributed by atoms with Crippen molar-refractivity contribution in [2.45, 2.75) is 24.7 Å². The largest absolute Gasteiger partial charge is 0.352 e. The second-order valence-electron chi connectivity index (χ2n) is 4.61. The number of amides is 1. The third-order valence-electron chi connectivity index (χ3n) is 2.91. The third kappa shape index (κ3) is 5.56. The maximum Gasteiger partial charge on any atom is 0.251 e. The summed E-state index contributed by atoms with van der Waals surface area (Å²) in [5.41, 5.74) is 0.823. The Labute approximate surface area is 127 Å². The van der Waals surface area contributed by atoms with Gasteiger partial charge in [0, 0.05) is 34.9 Å². The predicted molar refractivity (Wildman–Crippen MR) is 83.1 cm³/mol. The molecule has 118 valence electrons. The molecule has 1 aromatic rings. The van der Waals surface area contributed by atoms with Crippen molar-refractivity contribution in [2.24, 2.45) is 5.14 Å². The Balaban J connectivity index is 2.84. The Hall–Kier alpha value is -1.25. The molecule has 0 saturated heterocycles. The second kappa shape index (κ2) is 7.67. The molecule has 0 aliphatic heterocycles. The summed E-state index contributed by atoms with van der Waals surface area (Å²) in [5, 5.41) is 7.83. The second-order valence-corrected chi connectivity index (χ2v) is 7.69. The molecule has 1 rings (SSSR count). The van der Waals surface area contributed by atoms with Gasteiger partial charge in [-0.05, 0) is 30.5 Å². The van der Waals surface area contributed by atoms with Crippen molar-refractivity contribution in [3.8, 4) is 0 Å². The van der Waals surface area contributed by atoms with E-state index in [4.69, 9.17) is 5.14 Å². The van der Waals surface area contributed by atoms with Gasteiger partial charge in [-0.15, -0.1) is 0 Å². The molecule has 0 spiro atoms. The summed E-state index contributed by atoms with van der Waals surface area (Å²) in [7, 11) is -4.75. The molecule has 0 radical (unpaired) electrons. The molecule has 0 saturated carbocycles. The molecule has 6 nitrogen and oxygen atoms in total. The molecular weight excluding hydrogens is 312 g/mol. The zero-order valence-corrected chi connectivity index (χ0v) is 13.7. The van der Waals surface area contributed by atoms with E-state index in [1.165, 1.54) is 6.07 Å². The minimum Gasteiger partial charge on any atom is -0.352 e. The summed E-state index contributed by atoms with van der Waals surface area (Å²) in [6, 6.07) is 4.46. The highest BCUT2D eigenvalue weighted by molar-refractivity contribution is 7.89. The summed E-state index contributed by atoms with van der Waals surface area (Å²) in [4.78, 5) is 11.9. The lowest BCUT2D eigenvalue weighted by Gasteiger charge is -2.09. The van der Waals surface area contributed by atoms with Crippen LogP contribution >= 0.6 is 0 Å². The van der Waals surface area contributed by atoms with E-state index >= 15 is 0 Å². The topological polar surface area (TPSA) is 106 Å². The maximum absolute atomic E-state index is 11.9. The minimum atomic E-state index is -3.86. The van der Waals surface area contributed by atoms with Crippen molar-refractivity contribution in [2.75, 3.05) is 18.6 Å². The molecule has 0 heterocycles. The van der Waals surface area contributed by atoms with E-state index in [1.807, 2.05) is 6.92 Å². The number of sulfonamides is 1. The van der Waals surface area contributed by atoms with Gasteiger partial charge in [-0.3, -0.25) is 9.00 Å². The van der Waals surface area contributed by atoms with Crippen LogP contribution in [0.2, 0.25) is 0 Å². The number of primary sulfonamides is 1. The average molecular weight is 332 g/mol. The first kappa shape index (κ1) is 17.8. The van der Waals surface area contributed by atoms with E-state index in [9.17, 15) is 17.4 Å². The van der Waals surface area contributed by atoms with Crippen molar-refractivity contribution < 1.29 is 17.4 Å². The Morgan fingerprint density at radius 1 is 1.38 bits per heavy atom. The fourth-order valence-corrected chi connectivity index (χ4v) is 3.25. The Bertz CT molecular complexity index is 642. The number of hydrogen-bond acceptors (Lipinski definition) is 4. The number of benzene rings is 1. The first-order valence-electron chi connectivity index (χ1n) is 6.49. The lowest BCUT2D eigenvalue weighted by Crippen LogP contribution is -2.26. The SMILES string of the molecule is CCc1ccc(C(=O)NCCCS(C)=O)cc1S(N)(=O)=O. The standard InChI is InChI=1S/C13H20N2O4S2/c1-3-10-5-6-11(9-12(10)21(14,18)19)13(16)15-7-4-8-20(2)17/h5-6,9H,3-4,7-8H2,1-2H3,(H,15,16)(H2,14,18,19). The van der Waals surface area contributed by atoms with Crippen LogP contribution in [-0.4, -0.2) is 37.1 Å². The molecule has 21 heavy (non-hydrogen) atoms. The van der Waals surface area contributed by atoms with Crippen molar-refractivity contribution in [1.29, 1.82) is 0 Å². The van der Waals surface area contributed by atoms with Crippen LogP contribution in [0.15, 0.2) is 23.1 Å². The van der Waals surface area contributed by atoms with Gasteiger partial charge in [0.2, 0.25) is 10.0 Å². The predicted octanol–water partition coefficient (Wildman–Crippen LogP) is 0.395. The fourth-order valence-electron chi connectivity index (χ4n) is 1.83. The van der Waals surface area contributed by atoms with Crippen LogP contribution in [0.3, 0.4) is 0 Å². The molecule has 1 atom stereocenters. The number of aryl methyl sites for hydroxylation is 1. The quantitative estimate of drug-likeness (QED) is 0.705. The summed E-state index contributed by atoms with van der Waals surface area (Å²) < 4.78 is 34.0. The van der Waals surface area contributed by atoms with E-state index in [0.29, 0.717) is 30.7 Å². The third-order valence-corrected chi connectivity index (χ3v) is 4.77. The molecule has 0 aromatic heterocycles. The van der Waals surface area contributed by atoms with Crippen LogP contribution < -0.4 is 10.5 Å².